The molecule has 184 valence electrons. The van der Waals surface area contributed by atoms with E-state index in [9.17, 15) is 19.2 Å². The summed E-state index contributed by atoms with van der Waals surface area (Å²) in [7, 11) is 0. The molecule has 0 spiro atoms. The molecule has 0 aliphatic carbocycles. The first-order valence-electron chi connectivity index (χ1n) is 11.0. The SMILES string of the molecule is CCn1c(SCC(=O)NN2C(=O)N[C@](C)(c3ccccc3)C2=O)nc2scc(-c3cccs3)c2c1=O. The number of rotatable bonds is 7. The molecule has 1 atom stereocenters. The van der Waals surface area contributed by atoms with Crippen LogP contribution in [0, 0.1) is 0 Å². The number of carbonyl (C=O) groups is 3. The van der Waals surface area contributed by atoms with Crippen LogP contribution in [0.4, 0.5) is 4.79 Å². The smallest absolute Gasteiger partial charge is 0.318 e. The zero-order valence-corrected chi connectivity index (χ0v) is 21.8. The van der Waals surface area contributed by atoms with Crippen molar-refractivity contribution in [3.05, 3.63) is 69.1 Å². The second-order valence-corrected chi connectivity index (χ2v) is 10.9. The molecule has 4 amide bonds. The van der Waals surface area contributed by atoms with Gasteiger partial charge in [-0.05, 0) is 30.9 Å². The molecule has 3 aromatic heterocycles. The molecule has 0 unspecified atom stereocenters. The first-order chi connectivity index (χ1) is 17.3. The number of nitrogens with zero attached hydrogens (tertiary/aromatic N) is 3. The van der Waals surface area contributed by atoms with Crippen molar-refractivity contribution in [2.24, 2.45) is 0 Å². The van der Waals surface area contributed by atoms with E-state index in [4.69, 9.17) is 0 Å². The monoisotopic (exact) mass is 539 g/mol. The van der Waals surface area contributed by atoms with Crippen molar-refractivity contribution >= 4 is 62.5 Å². The number of nitrogens with one attached hydrogen (secondary N) is 2. The number of hydrazine groups is 1. The summed E-state index contributed by atoms with van der Waals surface area (Å²) in [5, 5.41) is 8.20. The molecule has 0 bridgehead atoms. The molecule has 0 saturated carbocycles. The van der Waals surface area contributed by atoms with Gasteiger partial charge in [-0.25, -0.2) is 9.78 Å². The molecule has 4 aromatic rings. The highest BCUT2D eigenvalue weighted by Gasteiger charge is 2.49. The summed E-state index contributed by atoms with van der Waals surface area (Å²) in [5.41, 5.74) is 2.41. The fourth-order valence-electron chi connectivity index (χ4n) is 4.00. The second kappa shape index (κ2) is 9.52. The number of benzene rings is 1. The topological polar surface area (TPSA) is 113 Å². The number of aromatic nitrogens is 2. The first kappa shape index (κ1) is 24.2. The van der Waals surface area contributed by atoms with E-state index < -0.39 is 23.4 Å². The van der Waals surface area contributed by atoms with Crippen LogP contribution in [0.25, 0.3) is 20.7 Å². The van der Waals surface area contributed by atoms with Crippen LogP contribution in [-0.4, -0.2) is 38.2 Å². The van der Waals surface area contributed by atoms with Gasteiger partial charge in [0.15, 0.2) is 5.16 Å². The Morgan fingerprint density at radius 3 is 2.61 bits per heavy atom. The van der Waals surface area contributed by atoms with E-state index in [1.54, 1.807) is 42.5 Å². The van der Waals surface area contributed by atoms with E-state index in [1.807, 2.05) is 35.9 Å². The quantitative estimate of drug-likeness (QED) is 0.210. The van der Waals surface area contributed by atoms with Gasteiger partial charge in [0.25, 0.3) is 11.5 Å². The van der Waals surface area contributed by atoms with Gasteiger partial charge in [-0.1, -0.05) is 48.2 Å². The lowest BCUT2D eigenvalue weighted by Crippen LogP contribution is -2.48. The zero-order chi connectivity index (χ0) is 25.4. The van der Waals surface area contributed by atoms with E-state index in [-0.39, 0.29) is 11.3 Å². The summed E-state index contributed by atoms with van der Waals surface area (Å²) >= 11 is 4.02. The summed E-state index contributed by atoms with van der Waals surface area (Å²) in [5.74, 6) is -1.29. The van der Waals surface area contributed by atoms with E-state index in [0.717, 1.165) is 22.2 Å². The van der Waals surface area contributed by atoms with Crippen molar-refractivity contribution in [3.63, 3.8) is 0 Å². The van der Waals surface area contributed by atoms with Gasteiger partial charge >= 0.3 is 6.03 Å². The largest absolute Gasteiger partial charge is 0.344 e. The number of hydrogen-bond donors (Lipinski definition) is 2. The maximum atomic E-state index is 13.3. The maximum absolute atomic E-state index is 13.3. The summed E-state index contributed by atoms with van der Waals surface area (Å²) in [6, 6.07) is 12.0. The minimum absolute atomic E-state index is 0.139. The van der Waals surface area contributed by atoms with Gasteiger partial charge in [0.2, 0.25) is 5.91 Å². The van der Waals surface area contributed by atoms with Gasteiger partial charge in [-0.15, -0.1) is 22.7 Å². The molecule has 2 N–H and O–H groups in total. The lowest BCUT2D eigenvalue weighted by molar-refractivity contribution is -0.138. The van der Waals surface area contributed by atoms with Crippen LogP contribution < -0.4 is 16.3 Å². The van der Waals surface area contributed by atoms with Gasteiger partial charge in [-0.3, -0.25) is 24.4 Å². The predicted molar refractivity (Wildman–Crippen MR) is 141 cm³/mol. The molecule has 9 nitrogen and oxygen atoms in total. The molecule has 36 heavy (non-hydrogen) atoms. The lowest BCUT2D eigenvalue weighted by Gasteiger charge is -2.22. The molecule has 1 saturated heterocycles. The van der Waals surface area contributed by atoms with Crippen LogP contribution in [0.1, 0.15) is 19.4 Å². The predicted octanol–water partition coefficient (Wildman–Crippen LogP) is 3.80. The highest BCUT2D eigenvalue weighted by atomic mass is 32.2. The maximum Gasteiger partial charge on any atom is 0.344 e. The fourth-order valence-corrected chi connectivity index (χ4v) is 6.66. The Hall–Kier alpha value is -3.48. The van der Waals surface area contributed by atoms with E-state index in [0.29, 0.717) is 32.5 Å². The van der Waals surface area contributed by atoms with Crippen LogP contribution in [0.3, 0.4) is 0 Å². The summed E-state index contributed by atoms with van der Waals surface area (Å²) < 4.78 is 1.53. The van der Waals surface area contributed by atoms with Gasteiger partial charge in [0, 0.05) is 22.4 Å². The van der Waals surface area contributed by atoms with Crippen LogP contribution in [0.15, 0.2) is 63.2 Å². The van der Waals surface area contributed by atoms with Crippen LogP contribution in [0.2, 0.25) is 0 Å². The van der Waals surface area contributed by atoms with Gasteiger partial charge < -0.3 is 5.32 Å². The van der Waals surface area contributed by atoms with Crippen molar-refractivity contribution < 1.29 is 14.4 Å². The first-order valence-corrected chi connectivity index (χ1v) is 13.8. The highest BCUT2D eigenvalue weighted by molar-refractivity contribution is 7.99. The third-order valence-corrected chi connectivity index (χ3v) is 8.62. The van der Waals surface area contributed by atoms with Gasteiger partial charge in [-0.2, -0.15) is 5.01 Å². The summed E-state index contributed by atoms with van der Waals surface area (Å²) in [6.45, 7) is 3.82. The van der Waals surface area contributed by atoms with E-state index >= 15 is 0 Å². The third-order valence-electron chi connectivity index (χ3n) is 5.87. The van der Waals surface area contributed by atoms with Crippen LogP contribution in [-0.2, 0) is 21.7 Å². The van der Waals surface area contributed by atoms with Crippen molar-refractivity contribution in [1.82, 2.24) is 25.3 Å². The Morgan fingerprint density at radius 2 is 1.92 bits per heavy atom. The fraction of sp³-hybridized carbons (Fsp3) is 0.208. The number of thioether (sulfide) groups is 1. The molecule has 4 heterocycles. The number of hydrogen-bond acceptors (Lipinski definition) is 8. The molecule has 1 aromatic carbocycles. The minimum Gasteiger partial charge on any atom is -0.318 e. The second-order valence-electron chi connectivity index (χ2n) is 8.14. The molecule has 0 radical (unpaired) electrons. The molecule has 1 aliphatic rings. The van der Waals surface area contributed by atoms with Gasteiger partial charge in [0.05, 0.1) is 11.1 Å². The average Bonchev–Trinajstić information content (AvgIpc) is 3.60. The number of urea groups is 1. The van der Waals surface area contributed by atoms with E-state index in [2.05, 4.69) is 15.7 Å². The van der Waals surface area contributed by atoms with Crippen molar-refractivity contribution in [3.8, 4) is 10.4 Å². The lowest BCUT2D eigenvalue weighted by atomic mass is 9.92. The number of amides is 4. The van der Waals surface area contributed by atoms with Crippen LogP contribution in [0.5, 0.6) is 0 Å². The van der Waals surface area contributed by atoms with Crippen LogP contribution >= 0.6 is 34.4 Å². The molecule has 5 rings (SSSR count). The number of imide groups is 1. The average molecular weight is 540 g/mol. The Morgan fingerprint density at radius 1 is 1.14 bits per heavy atom. The number of carbonyl (C=O) groups excluding carboxylic acids is 3. The molecule has 1 fully saturated rings. The van der Waals surface area contributed by atoms with Crippen molar-refractivity contribution in [2.45, 2.75) is 31.1 Å². The van der Waals surface area contributed by atoms with Gasteiger partial charge in [0.1, 0.15) is 10.4 Å². The Balaban J connectivity index is 1.33. The number of thiophene rings is 2. The normalized spacial score (nSPS) is 17.6. The van der Waals surface area contributed by atoms with Crippen molar-refractivity contribution in [2.75, 3.05) is 5.75 Å². The molecular formula is C24H21N5O4S3. The number of fused-ring (bicyclic) bond motifs is 1. The molecule has 1 aliphatic heterocycles. The Kier molecular flexibility index (Phi) is 6.41. The third kappa shape index (κ3) is 4.10. The molecular weight excluding hydrogens is 518 g/mol. The van der Waals surface area contributed by atoms with Crippen molar-refractivity contribution in [1.29, 1.82) is 0 Å². The molecule has 12 heteroatoms. The Bertz CT molecular complexity index is 1530. The zero-order valence-electron chi connectivity index (χ0n) is 19.3. The minimum atomic E-state index is -1.28. The Labute approximate surface area is 218 Å². The highest BCUT2D eigenvalue weighted by Crippen LogP contribution is 2.34. The summed E-state index contributed by atoms with van der Waals surface area (Å²) in [6.07, 6.45) is 0. The van der Waals surface area contributed by atoms with E-state index in [1.165, 1.54) is 15.9 Å². The summed E-state index contributed by atoms with van der Waals surface area (Å²) in [4.78, 5) is 57.7. The standard InChI is InChI=1S/C24H21N5O4S3/c1-3-28-20(31)18-15(16-10-7-11-34-16)12-35-19(18)25-23(28)36-13-17(30)27-29-21(32)24(2,26-22(29)33)14-8-5-4-6-9-14/h4-12H,3,13H2,1-2H3,(H,26,33)(H,27,30)/t24-/m1/s1.